The molecule has 0 aliphatic heterocycles. The number of nitrogens with one attached hydrogen (secondary N) is 1. The van der Waals surface area contributed by atoms with E-state index in [2.05, 4.69) is 31.4 Å². The Morgan fingerprint density at radius 1 is 1.11 bits per heavy atom. The highest BCUT2D eigenvalue weighted by atomic mass is 79.9. The van der Waals surface area contributed by atoms with Crippen LogP contribution in [0.3, 0.4) is 0 Å². The van der Waals surface area contributed by atoms with Gasteiger partial charge in [-0.15, -0.1) is 10.2 Å². The van der Waals surface area contributed by atoms with Crippen LogP contribution in [0.2, 0.25) is 0 Å². The maximum absolute atomic E-state index is 13.5. The van der Waals surface area contributed by atoms with Crippen LogP contribution in [-0.4, -0.2) is 25.6 Å². The van der Waals surface area contributed by atoms with Crippen molar-refractivity contribution in [3.05, 3.63) is 110 Å². The lowest BCUT2D eigenvalue weighted by Crippen LogP contribution is -2.25. The third kappa shape index (κ3) is 5.75. The van der Waals surface area contributed by atoms with E-state index in [1.807, 2.05) is 24.3 Å². The molecule has 0 atom stereocenters. The average molecular weight is 556 g/mol. The number of nitrogens with zero attached hydrogens (tertiary/aromatic N) is 4. The summed E-state index contributed by atoms with van der Waals surface area (Å²) in [6, 6.07) is 18.2. The van der Waals surface area contributed by atoms with Crippen molar-refractivity contribution in [2.75, 3.05) is 0 Å². The van der Waals surface area contributed by atoms with E-state index in [9.17, 15) is 19.3 Å². The maximum Gasteiger partial charge on any atom is 0.273 e. The lowest BCUT2D eigenvalue weighted by molar-refractivity contribution is -0.385. The minimum atomic E-state index is -0.522. The number of hydrogen-bond donors (Lipinski definition) is 1. The SMILES string of the molecule is Cc1c(C(=O)NCc2nnc(SCc3ccc(Br)cc3)n2-c2ccc(F)cc2)cccc1[N+](=O)[O-]. The lowest BCUT2D eigenvalue weighted by Gasteiger charge is -2.12. The van der Waals surface area contributed by atoms with E-state index in [0.29, 0.717) is 22.4 Å². The molecule has 0 saturated carbocycles. The number of hydrogen-bond acceptors (Lipinski definition) is 6. The first kappa shape index (κ1) is 24.6. The summed E-state index contributed by atoms with van der Waals surface area (Å²) < 4.78 is 16.3. The van der Waals surface area contributed by atoms with E-state index < -0.39 is 10.8 Å². The zero-order valence-corrected chi connectivity index (χ0v) is 20.8. The predicted molar refractivity (Wildman–Crippen MR) is 134 cm³/mol. The van der Waals surface area contributed by atoms with Gasteiger partial charge in [0.2, 0.25) is 0 Å². The second-order valence-electron chi connectivity index (χ2n) is 7.52. The van der Waals surface area contributed by atoms with Crippen molar-refractivity contribution in [3.8, 4) is 5.69 Å². The number of benzene rings is 3. The van der Waals surface area contributed by atoms with Crippen LogP contribution in [0, 0.1) is 22.9 Å². The molecule has 178 valence electrons. The van der Waals surface area contributed by atoms with Crippen molar-refractivity contribution in [2.45, 2.75) is 24.4 Å². The Kier molecular flexibility index (Phi) is 7.57. The summed E-state index contributed by atoms with van der Waals surface area (Å²) >= 11 is 4.88. The molecule has 8 nitrogen and oxygen atoms in total. The van der Waals surface area contributed by atoms with Crippen molar-refractivity contribution in [3.63, 3.8) is 0 Å². The molecule has 1 heterocycles. The number of halogens is 2. The Balaban J connectivity index is 1.58. The number of aromatic nitrogens is 3. The van der Waals surface area contributed by atoms with E-state index in [1.165, 1.54) is 49.0 Å². The van der Waals surface area contributed by atoms with Crippen molar-refractivity contribution in [1.82, 2.24) is 20.1 Å². The summed E-state index contributed by atoms with van der Waals surface area (Å²) in [6.45, 7) is 1.55. The van der Waals surface area contributed by atoms with Gasteiger partial charge in [0.25, 0.3) is 11.6 Å². The van der Waals surface area contributed by atoms with Gasteiger partial charge in [-0.05, 0) is 55.0 Å². The topological polar surface area (TPSA) is 103 Å². The van der Waals surface area contributed by atoms with Gasteiger partial charge < -0.3 is 5.32 Å². The van der Waals surface area contributed by atoms with Crippen molar-refractivity contribution < 1.29 is 14.1 Å². The molecule has 0 fully saturated rings. The second-order valence-corrected chi connectivity index (χ2v) is 9.37. The minimum absolute atomic E-state index is 0.0180. The van der Waals surface area contributed by atoms with Crippen LogP contribution in [0.1, 0.15) is 27.3 Å². The van der Waals surface area contributed by atoms with E-state index in [0.717, 1.165) is 10.0 Å². The number of carbonyl (C=O) groups excluding carboxylic acids is 1. The quantitative estimate of drug-likeness (QED) is 0.172. The average Bonchev–Trinajstić information content (AvgIpc) is 3.25. The monoisotopic (exact) mass is 555 g/mol. The molecule has 0 bridgehead atoms. The van der Waals surface area contributed by atoms with Crippen molar-refractivity contribution in [2.24, 2.45) is 0 Å². The molecule has 1 amide bonds. The fraction of sp³-hybridized carbons (Fsp3) is 0.125. The lowest BCUT2D eigenvalue weighted by atomic mass is 10.1. The molecule has 0 aliphatic rings. The number of rotatable bonds is 8. The smallest absolute Gasteiger partial charge is 0.273 e. The molecule has 0 radical (unpaired) electrons. The van der Waals surface area contributed by atoms with Gasteiger partial charge in [-0.25, -0.2) is 4.39 Å². The number of nitro groups is 1. The molecule has 1 N–H and O–H groups in total. The molecule has 0 spiro atoms. The molecule has 0 aliphatic carbocycles. The highest BCUT2D eigenvalue weighted by molar-refractivity contribution is 9.10. The van der Waals surface area contributed by atoms with Crippen molar-refractivity contribution in [1.29, 1.82) is 0 Å². The van der Waals surface area contributed by atoms with E-state index in [-0.39, 0.29) is 29.2 Å². The third-order valence-electron chi connectivity index (χ3n) is 5.22. The summed E-state index contributed by atoms with van der Waals surface area (Å²) in [4.78, 5) is 23.5. The van der Waals surface area contributed by atoms with Crippen LogP contribution in [0.25, 0.3) is 5.69 Å². The van der Waals surface area contributed by atoms with Gasteiger partial charge in [0.1, 0.15) is 5.82 Å². The molecule has 4 rings (SSSR count). The zero-order chi connectivity index (χ0) is 24.9. The molecule has 4 aromatic rings. The standard InChI is InChI=1S/C24H19BrFN5O3S/c1-15-20(3-2-4-21(15)31(33)34)23(32)27-13-22-28-29-24(30(22)19-11-9-18(26)10-12-19)35-14-16-5-7-17(25)8-6-16/h2-12H,13-14H2,1H3,(H,27,32). The Morgan fingerprint density at radius 3 is 2.51 bits per heavy atom. The molecular formula is C24H19BrFN5O3S. The van der Waals surface area contributed by atoms with E-state index in [1.54, 1.807) is 16.7 Å². The van der Waals surface area contributed by atoms with Gasteiger partial charge in [0.15, 0.2) is 11.0 Å². The Bertz CT molecular complexity index is 1380. The van der Waals surface area contributed by atoms with E-state index >= 15 is 0 Å². The number of carbonyl (C=O) groups is 1. The predicted octanol–water partition coefficient (Wildman–Crippen LogP) is 5.61. The summed E-state index contributed by atoms with van der Waals surface area (Å²) in [6.07, 6.45) is 0. The first-order chi connectivity index (χ1) is 16.8. The molecule has 35 heavy (non-hydrogen) atoms. The third-order valence-corrected chi connectivity index (χ3v) is 6.75. The minimum Gasteiger partial charge on any atom is -0.345 e. The normalized spacial score (nSPS) is 10.8. The molecule has 0 unspecified atom stereocenters. The number of nitro benzene ring substituents is 1. The second kappa shape index (κ2) is 10.8. The highest BCUT2D eigenvalue weighted by Crippen LogP contribution is 2.26. The molecule has 0 saturated heterocycles. The summed E-state index contributed by atoms with van der Waals surface area (Å²) in [7, 11) is 0. The van der Waals surface area contributed by atoms with Crippen LogP contribution in [0.15, 0.2) is 76.4 Å². The first-order valence-corrected chi connectivity index (χ1v) is 12.2. The molecular weight excluding hydrogens is 537 g/mol. The highest BCUT2D eigenvalue weighted by Gasteiger charge is 2.20. The first-order valence-electron chi connectivity index (χ1n) is 10.4. The fourth-order valence-electron chi connectivity index (χ4n) is 3.41. The summed E-state index contributed by atoms with van der Waals surface area (Å²) in [5.41, 5.74) is 2.09. The van der Waals surface area contributed by atoms with Gasteiger partial charge in [-0.2, -0.15) is 0 Å². The van der Waals surface area contributed by atoms with Crippen LogP contribution in [0.5, 0.6) is 0 Å². The number of thioether (sulfide) groups is 1. The molecule has 11 heteroatoms. The van der Waals surface area contributed by atoms with Gasteiger partial charge >= 0.3 is 0 Å². The molecule has 3 aromatic carbocycles. The van der Waals surface area contributed by atoms with Gasteiger partial charge in [0.05, 0.1) is 11.5 Å². The van der Waals surface area contributed by atoms with Gasteiger partial charge in [-0.3, -0.25) is 19.5 Å². The summed E-state index contributed by atoms with van der Waals surface area (Å²) in [5, 5.41) is 23.1. The van der Waals surface area contributed by atoms with Gasteiger partial charge in [0, 0.05) is 33.1 Å². The zero-order valence-electron chi connectivity index (χ0n) is 18.4. The summed E-state index contributed by atoms with van der Waals surface area (Å²) in [5.74, 6) is 0.225. The van der Waals surface area contributed by atoms with Gasteiger partial charge in [-0.1, -0.05) is 45.9 Å². The van der Waals surface area contributed by atoms with E-state index in [4.69, 9.17) is 0 Å². The molecule has 1 aromatic heterocycles. The van der Waals surface area contributed by atoms with Crippen LogP contribution >= 0.6 is 27.7 Å². The Labute approximate surface area is 212 Å². The maximum atomic E-state index is 13.5. The largest absolute Gasteiger partial charge is 0.345 e. The fourth-order valence-corrected chi connectivity index (χ4v) is 4.60. The van der Waals surface area contributed by atoms with Crippen LogP contribution in [0.4, 0.5) is 10.1 Å². The van der Waals surface area contributed by atoms with Crippen LogP contribution < -0.4 is 5.32 Å². The number of amides is 1. The van der Waals surface area contributed by atoms with Crippen LogP contribution in [-0.2, 0) is 12.3 Å². The van der Waals surface area contributed by atoms with Crippen molar-refractivity contribution >= 4 is 39.3 Å². The Morgan fingerprint density at radius 2 is 1.83 bits per heavy atom. The Hall–Kier alpha value is -3.57.